The minimum atomic E-state index is 0.0402. The van der Waals surface area contributed by atoms with Gasteiger partial charge in [0.15, 0.2) is 0 Å². The van der Waals surface area contributed by atoms with E-state index in [-0.39, 0.29) is 11.8 Å². The summed E-state index contributed by atoms with van der Waals surface area (Å²) in [7, 11) is 0. The van der Waals surface area contributed by atoms with Gasteiger partial charge in [0.05, 0.1) is 0 Å². The lowest BCUT2D eigenvalue weighted by Crippen LogP contribution is -2.50. The standard InChI is InChI=1S/C15H19ClN2O2/c16-8-4-7-14(19)17-9-11-18(12-10-17)15(20)13-5-2-1-3-6-13/h1-3,5-6H,4,7-12H2. The molecule has 1 heterocycles. The van der Waals surface area contributed by atoms with Gasteiger partial charge in [-0.2, -0.15) is 0 Å². The smallest absolute Gasteiger partial charge is 0.253 e. The van der Waals surface area contributed by atoms with Gasteiger partial charge in [0.2, 0.25) is 5.91 Å². The van der Waals surface area contributed by atoms with Gasteiger partial charge in [-0.1, -0.05) is 18.2 Å². The molecule has 0 spiro atoms. The Morgan fingerprint density at radius 3 is 2.20 bits per heavy atom. The number of hydrogen-bond donors (Lipinski definition) is 0. The summed E-state index contributed by atoms with van der Waals surface area (Å²) in [5, 5.41) is 0. The molecule has 1 aromatic carbocycles. The Labute approximate surface area is 124 Å². The van der Waals surface area contributed by atoms with Crippen LogP contribution in [0.3, 0.4) is 0 Å². The third-order valence-corrected chi connectivity index (χ3v) is 3.73. The van der Waals surface area contributed by atoms with Crippen LogP contribution in [0.1, 0.15) is 23.2 Å². The van der Waals surface area contributed by atoms with Crippen molar-refractivity contribution in [3.05, 3.63) is 35.9 Å². The molecule has 0 aromatic heterocycles. The summed E-state index contributed by atoms with van der Waals surface area (Å²) in [6.45, 7) is 2.42. The number of hydrogen-bond acceptors (Lipinski definition) is 2. The fourth-order valence-corrected chi connectivity index (χ4v) is 2.43. The Kier molecular flexibility index (Phi) is 5.41. The predicted molar refractivity (Wildman–Crippen MR) is 78.9 cm³/mol. The van der Waals surface area contributed by atoms with Crippen molar-refractivity contribution in [1.82, 2.24) is 9.80 Å². The zero-order chi connectivity index (χ0) is 14.4. The first-order valence-corrected chi connectivity index (χ1v) is 7.44. The van der Waals surface area contributed by atoms with Crippen molar-refractivity contribution >= 4 is 23.4 Å². The van der Waals surface area contributed by atoms with E-state index in [9.17, 15) is 9.59 Å². The van der Waals surface area contributed by atoms with E-state index in [0.29, 0.717) is 50.5 Å². The molecule has 1 aliphatic heterocycles. The van der Waals surface area contributed by atoms with Gasteiger partial charge >= 0.3 is 0 Å². The first-order valence-electron chi connectivity index (χ1n) is 6.90. The molecular weight excluding hydrogens is 276 g/mol. The molecule has 20 heavy (non-hydrogen) atoms. The molecule has 1 fully saturated rings. The SMILES string of the molecule is O=C(CCCCl)N1CCN(C(=O)c2ccccc2)CC1. The van der Waals surface area contributed by atoms with E-state index in [1.807, 2.05) is 35.2 Å². The van der Waals surface area contributed by atoms with Crippen molar-refractivity contribution in [3.63, 3.8) is 0 Å². The van der Waals surface area contributed by atoms with Crippen LogP contribution in [0.15, 0.2) is 30.3 Å². The van der Waals surface area contributed by atoms with Crippen LogP contribution in [-0.4, -0.2) is 53.7 Å². The molecule has 0 radical (unpaired) electrons. The second kappa shape index (κ2) is 7.29. The predicted octanol–water partition coefficient (Wildman–Crippen LogP) is 1.99. The van der Waals surface area contributed by atoms with Crippen LogP contribution in [0, 0.1) is 0 Å². The lowest BCUT2D eigenvalue weighted by Gasteiger charge is -2.34. The molecule has 0 N–H and O–H groups in total. The Hall–Kier alpha value is -1.55. The van der Waals surface area contributed by atoms with E-state index in [1.54, 1.807) is 4.90 Å². The van der Waals surface area contributed by atoms with Crippen molar-refractivity contribution in [2.24, 2.45) is 0 Å². The number of carbonyl (C=O) groups excluding carboxylic acids is 2. The van der Waals surface area contributed by atoms with Crippen LogP contribution in [0.25, 0.3) is 0 Å². The number of rotatable bonds is 4. The van der Waals surface area contributed by atoms with Gasteiger partial charge in [0, 0.05) is 44.0 Å². The number of benzene rings is 1. The number of nitrogens with zero attached hydrogens (tertiary/aromatic N) is 2. The molecular formula is C15H19ClN2O2. The van der Waals surface area contributed by atoms with Gasteiger partial charge in [-0.3, -0.25) is 9.59 Å². The third-order valence-electron chi connectivity index (χ3n) is 3.46. The molecule has 0 unspecified atom stereocenters. The number of carbonyl (C=O) groups is 2. The first kappa shape index (κ1) is 14.9. The van der Waals surface area contributed by atoms with Gasteiger partial charge in [-0.05, 0) is 18.6 Å². The van der Waals surface area contributed by atoms with Crippen molar-refractivity contribution < 1.29 is 9.59 Å². The minimum Gasteiger partial charge on any atom is -0.339 e. The van der Waals surface area contributed by atoms with Crippen LogP contribution in [0.4, 0.5) is 0 Å². The molecule has 0 saturated carbocycles. The highest BCUT2D eigenvalue weighted by molar-refractivity contribution is 6.17. The second-order valence-corrected chi connectivity index (χ2v) is 5.21. The van der Waals surface area contributed by atoms with Crippen molar-refractivity contribution in [2.45, 2.75) is 12.8 Å². The van der Waals surface area contributed by atoms with E-state index >= 15 is 0 Å². The summed E-state index contributed by atoms with van der Waals surface area (Å²) in [5.41, 5.74) is 0.703. The van der Waals surface area contributed by atoms with Crippen LogP contribution < -0.4 is 0 Å². The van der Waals surface area contributed by atoms with Gasteiger partial charge in [-0.25, -0.2) is 0 Å². The summed E-state index contributed by atoms with van der Waals surface area (Å²) in [6, 6.07) is 9.25. The van der Waals surface area contributed by atoms with Crippen LogP contribution in [0.5, 0.6) is 0 Å². The molecule has 0 bridgehead atoms. The van der Waals surface area contributed by atoms with Crippen molar-refractivity contribution in [1.29, 1.82) is 0 Å². The summed E-state index contributed by atoms with van der Waals surface area (Å²) in [6.07, 6.45) is 1.21. The zero-order valence-corrected chi connectivity index (χ0v) is 12.2. The third kappa shape index (κ3) is 3.73. The zero-order valence-electron chi connectivity index (χ0n) is 11.4. The average Bonchev–Trinajstić information content (AvgIpc) is 2.53. The number of halogens is 1. The van der Waals surface area contributed by atoms with E-state index < -0.39 is 0 Å². The molecule has 1 aliphatic rings. The lowest BCUT2D eigenvalue weighted by molar-refractivity contribution is -0.132. The molecule has 4 nitrogen and oxygen atoms in total. The molecule has 5 heteroatoms. The fourth-order valence-electron chi connectivity index (χ4n) is 2.30. The van der Waals surface area contributed by atoms with Gasteiger partial charge in [-0.15, -0.1) is 11.6 Å². The quantitative estimate of drug-likeness (QED) is 0.797. The van der Waals surface area contributed by atoms with Crippen LogP contribution in [-0.2, 0) is 4.79 Å². The van der Waals surface area contributed by atoms with Crippen LogP contribution in [0.2, 0.25) is 0 Å². The summed E-state index contributed by atoms with van der Waals surface area (Å²) < 4.78 is 0. The molecule has 2 rings (SSSR count). The Balaban J connectivity index is 1.85. The molecule has 2 amide bonds. The topological polar surface area (TPSA) is 40.6 Å². The van der Waals surface area contributed by atoms with Gasteiger partial charge in [0.25, 0.3) is 5.91 Å². The number of alkyl halides is 1. The summed E-state index contributed by atoms with van der Waals surface area (Å²) in [5.74, 6) is 0.689. The number of piperazine rings is 1. The highest BCUT2D eigenvalue weighted by Crippen LogP contribution is 2.10. The molecule has 0 aliphatic carbocycles. The van der Waals surface area contributed by atoms with E-state index in [1.165, 1.54) is 0 Å². The highest BCUT2D eigenvalue weighted by atomic mass is 35.5. The maximum absolute atomic E-state index is 12.3. The monoisotopic (exact) mass is 294 g/mol. The summed E-state index contributed by atoms with van der Waals surface area (Å²) in [4.78, 5) is 27.7. The van der Waals surface area contributed by atoms with Gasteiger partial charge < -0.3 is 9.80 Å². The number of amides is 2. The maximum Gasteiger partial charge on any atom is 0.253 e. The Morgan fingerprint density at radius 1 is 1.00 bits per heavy atom. The normalized spacial score (nSPS) is 15.2. The molecule has 108 valence electrons. The average molecular weight is 295 g/mol. The Bertz CT molecular complexity index is 456. The van der Waals surface area contributed by atoms with Crippen LogP contribution >= 0.6 is 11.6 Å². The molecule has 0 atom stereocenters. The van der Waals surface area contributed by atoms with Crippen molar-refractivity contribution in [3.8, 4) is 0 Å². The second-order valence-electron chi connectivity index (χ2n) is 4.83. The van der Waals surface area contributed by atoms with Gasteiger partial charge in [0.1, 0.15) is 0 Å². The fraction of sp³-hybridized carbons (Fsp3) is 0.467. The lowest BCUT2D eigenvalue weighted by atomic mass is 10.2. The summed E-state index contributed by atoms with van der Waals surface area (Å²) >= 11 is 5.59. The van der Waals surface area contributed by atoms with E-state index in [4.69, 9.17) is 11.6 Å². The minimum absolute atomic E-state index is 0.0402. The Morgan fingerprint density at radius 2 is 1.60 bits per heavy atom. The van der Waals surface area contributed by atoms with E-state index in [2.05, 4.69) is 0 Å². The maximum atomic E-state index is 12.3. The molecule has 1 aromatic rings. The van der Waals surface area contributed by atoms with Crippen molar-refractivity contribution in [2.75, 3.05) is 32.1 Å². The van der Waals surface area contributed by atoms with E-state index in [0.717, 1.165) is 0 Å². The highest BCUT2D eigenvalue weighted by Gasteiger charge is 2.24. The first-order chi connectivity index (χ1) is 9.72. The molecule has 1 saturated heterocycles. The largest absolute Gasteiger partial charge is 0.339 e.